The maximum absolute atomic E-state index is 11.2. The van der Waals surface area contributed by atoms with Gasteiger partial charge in [-0.25, -0.2) is 0 Å². The highest BCUT2D eigenvalue weighted by Gasteiger charge is 2.26. The third-order valence-electron chi connectivity index (χ3n) is 4.26. The molecule has 4 rings (SSSR count). The molecule has 1 aliphatic heterocycles. The summed E-state index contributed by atoms with van der Waals surface area (Å²) in [5, 5.41) is 12.7. The minimum absolute atomic E-state index is 0.252. The SMILES string of the molecule is NC(=O)c1cnn(C2CCN(Cc3nnc4ccccn34)C2)c1. The highest BCUT2D eigenvalue weighted by atomic mass is 16.1. The van der Waals surface area contributed by atoms with E-state index in [0.29, 0.717) is 5.56 Å². The molecule has 1 saturated heterocycles. The van der Waals surface area contributed by atoms with Crippen molar-refractivity contribution >= 4 is 11.6 Å². The van der Waals surface area contributed by atoms with Gasteiger partial charge in [-0.2, -0.15) is 5.10 Å². The van der Waals surface area contributed by atoms with Crippen molar-refractivity contribution in [3.63, 3.8) is 0 Å². The Kier molecular flexibility index (Phi) is 3.30. The second kappa shape index (κ2) is 5.47. The van der Waals surface area contributed by atoms with Gasteiger partial charge in [0.25, 0.3) is 5.91 Å². The number of amides is 1. The van der Waals surface area contributed by atoms with Crippen molar-refractivity contribution in [2.24, 2.45) is 5.73 Å². The lowest BCUT2D eigenvalue weighted by molar-refractivity contribution is 0.1000. The van der Waals surface area contributed by atoms with Crippen molar-refractivity contribution in [1.82, 2.24) is 29.3 Å². The van der Waals surface area contributed by atoms with Crippen LogP contribution in [-0.4, -0.2) is 48.3 Å². The number of hydrogen-bond donors (Lipinski definition) is 1. The molecule has 0 spiro atoms. The third kappa shape index (κ3) is 2.57. The Morgan fingerprint density at radius 1 is 1.35 bits per heavy atom. The van der Waals surface area contributed by atoms with Crippen molar-refractivity contribution in [2.75, 3.05) is 13.1 Å². The van der Waals surface area contributed by atoms with E-state index in [-0.39, 0.29) is 6.04 Å². The Bertz CT molecular complexity index is 852. The number of hydrogen-bond acceptors (Lipinski definition) is 5. The minimum atomic E-state index is -0.443. The van der Waals surface area contributed by atoms with E-state index in [2.05, 4.69) is 20.2 Å². The molecule has 118 valence electrons. The second-order valence-electron chi connectivity index (χ2n) is 5.80. The number of aromatic nitrogens is 5. The highest BCUT2D eigenvalue weighted by Crippen LogP contribution is 2.22. The van der Waals surface area contributed by atoms with Crippen LogP contribution < -0.4 is 5.73 Å². The number of primary amides is 1. The number of pyridine rings is 1. The van der Waals surface area contributed by atoms with E-state index in [9.17, 15) is 4.79 Å². The van der Waals surface area contributed by atoms with Crippen LogP contribution in [0.4, 0.5) is 0 Å². The fraction of sp³-hybridized carbons (Fsp3) is 0.333. The minimum Gasteiger partial charge on any atom is -0.366 e. The number of nitrogens with two attached hydrogens (primary N) is 1. The number of rotatable bonds is 4. The molecule has 4 heterocycles. The molecule has 1 unspecified atom stereocenters. The molecule has 1 atom stereocenters. The highest BCUT2D eigenvalue weighted by molar-refractivity contribution is 5.92. The number of likely N-dealkylation sites (tertiary alicyclic amines) is 1. The summed E-state index contributed by atoms with van der Waals surface area (Å²) in [6, 6.07) is 6.12. The first-order chi connectivity index (χ1) is 11.2. The first-order valence-electron chi connectivity index (χ1n) is 7.55. The Morgan fingerprint density at radius 3 is 3.09 bits per heavy atom. The van der Waals surface area contributed by atoms with Crippen LogP contribution in [-0.2, 0) is 6.54 Å². The van der Waals surface area contributed by atoms with Crippen LogP contribution in [0.2, 0.25) is 0 Å². The summed E-state index contributed by atoms with van der Waals surface area (Å²) in [5.74, 6) is 0.487. The zero-order valence-corrected chi connectivity index (χ0v) is 12.5. The summed E-state index contributed by atoms with van der Waals surface area (Å²) in [7, 11) is 0. The van der Waals surface area contributed by atoms with Gasteiger partial charge in [0.1, 0.15) is 0 Å². The van der Waals surface area contributed by atoms with Crippen LogP contribution in [0.1, 0.15) is 28.6 Å². The predicted molar refractivity (Wildman–Crippen MR) is 82.7 cm³/mol. The lowest BCUT2D eigenvalue weighted by atomic mass is 10.3. The van der Waals surface area contributed by atoms with Crippen LogP contribution in [0, 0.1) is 0 Å². The molecule has 3 aromatic heterocycles. The van der Waals surface area contributed by atoms with Crippen molar-refractivity contribution in [3.05, 3.63) is 48.2 Å². The molecule has 0 aromatic carbocycles. The number of nitrogens with zero attached hydrogens (tertiary/aromatic N) is 6. The molecular formula is C15H17N7O. The maximum atomic E-state index is 11.2. The maximum Gasteiger partial charge on any atom is 0.251 e. The molecule has 1 amide bonds. The molecule has 8 heteroatoms. The summed E-state index contributed by atoms with van der Waals surface area (Å²) in [6.07, 6.45) is 6.21. The molecule has 2 N–H and O–H groups in total. The summed E-state index contributed by atoms with van der Waals surface area (Å²) >= 11 is 0. The molecule has 0 radical (unpaired) electrons. The third-order valence-corrected chi connectivity index (χ3v) is 4.26. The van der Waals surface area contributed by atoms with Gasteiger partial charge in [-0.15, -0.1) is 10.2 Å². The Morgan fingerprint density at radius 2 is 2.26 bits per heavy atom. The van der Waals surface area contributed by atoms with Crippen molar-refractivity contribution in [2.45, 2.75) is 19.0 Å². The molecule has 1 aliphatic rings. The van der Waals surface area contributed by atoms with Crippen molar-refractivity contribution < 1.29 is 4.79 Å². The normalized spacial score (nSPS) is 18.7. The number of carbonyl (C=O) groups excluding carboxylic acids is 1. The van der Waals surface area contributed by atoms with E-state index >= 15 is 0 Å². The fourth-order valence-electron chi connectivity index (χ4n) is 3.04. The summed E-state index contributed by atoms with van der Waals surface area (Å²) < 4.78 is 3.84. The van der Waals surface area contributed by atoms with E-state index in [1.807, 2.05) is 33.5 Å². The quantitative estimate of drug-likeness (QED) is 0.756. The van der Waals surface area contributed by atoms with Gasteiger partial charge < -0.3 is 5.73 Å². The Labute approximate surface area is 132 Å². The van der Waals surface area contributed by atoms with E-state index in [1.54, 1.807) is 6.20 Å². The first-order valence-corrected chi connectivity index (χ1v) is 7.55. The molecule has 0 aliphatic carbocycles. The van der Waals surface area contributed by atoms with E-state index in [1.165, 1.54) is 6.20 Å². The molecule has 23 heavy (non-hydrogen) atoms. The Hall–Kier alpha value is -2.74. The molecule has 0 bridgehead atoms. The van der Waals surface area contributed by atoms with Crippen molar-refractivity contribution in [1.29, 1.82) is 0 Å². The molecular weight excluding hydrogens is 294 g/mol. The molecule has 3 aromatic rings. The lowest BCUT2D eigenvalue weighted by Crippen LogP contribution is -2.22. The molecule has 8 nitrogen and oxygen atoms in total. The van der Waals surface area contributed by atoms with Crippen LogP contribution in [0.15, 0.2) is 36.8 Å². The number of fused-ring (bicyclic) bond motifs is 1. The van der Waals surface area contributed by atoms with Gasteiger partial charge in [-0.05, 0) is 18.6 Å². The topological polar surface area (TPSA) is 94.3 Å². The Balaban J connectivity index is 1.47. The standard InChI is InChI=1S/C15H17N7O/c16-15(23)11-7-17-22(8-11)12-4-6-20(9-12)10-14-19-18-13-3-1-2-5-21(13)14/h1-3,5,7-8,12H,4,6,9-10H2,(H2,16,23). The zero-order chi connectivity index (χ0) is 15.8. The largest absolute Gasteiger partial charge is 0.366 e. The average molecular weight is 311 g/mol. The first kappa shape index (κ1) is 13.9. The molecule has 0 saturated carbocycles. The van der Waals surface area contributed by atoms with E-state index < -0.39 is 5.91 Å². The predicted octanol–water partition coefficient (Wildman–Crippen LogP) is 0.472. The van der Waals surface area contributed by atoms with E-state index in [0.717, 1.165) is 37.5 Å². The van der Waals surface area contributed by atoms with Crippen molar-refractivity contribution in [3.8, 4) is 0 Å². The lowest BCUT2D eigenvalue weighted by Gasteiger charge is -2.15. The fourth-order valence-corrected chi connectivity index (χ4v) is 3.04. The monoisotopic (exact) mass is 311 g/mol. The van der Waals surface area contributed by atoms with Crippen LogP contribution in [0.3, 0.4) is 0 Å². The smallest absolute Gasteiger partial charge is 0.251 e. The van der Waals surface area contributed by atoms with Crippen LogP contribution in [0.25, 0.3) is 5.65 Å². The van der Waals surface area contributed by atoms with E-state index in [4.69, 9.17) is 5.73 Å². The number of carbonyl (C=O) groups is 1. The second-order valence-corrected chi connectivity index (χ2v) is 5.80. The van der Waals surface area contributed by atoms with Crippen LogP contribution in [0.5, 0.6) is 0 Å². The summed E-state index contributed by atoms with van der Waals surface area (Å²) in [6.45, 7) is 2.56. The molecule has 1 fully saturated rings. The van der Waals surface area contributed by atoms with Gasteiger partial charge in [-0.3, -0.25) is 18.8 Å². The van der Waals surface area contributed by atoms with Gasteiger partial charge in [-0.1, -0.05) is 6.07 Å². The van der Waals surface area contributed by atoms with Gasteiger partial charge in [0.2, 0.25) is 0 Å². The zero-order valence-electron chi connectivity index (χ0n) is 12.5. The van der Waals surface area contributed by atoms with Gasteiger partial charge in [0, 0.05) is 25.5 Å². The average Bonchev–Trinajstić information content (AvgIpc) is 3.26. The van der Waals surface area contributed by atoms with Crippen LogP contribution >= 0.6 is 0 Å². The van der Waals surface area contributed by atoms with Gasteiger partial charge in [0.15, 0.2) is 11.5 Å². The summed E-state index contributed by atoms with van der Waals surface area (Å²) in [5.41, 5.74) is 6.58. The summed E-state index contributed by atoms with van der Waals surface area (Å²) in [4.78, 5) is 13.5. The van der Waals surface area contributed by atoms with Gasteiger partial charge in [0.05, 0.1) is 24.3 Å². The van der Waals surface area contributed by atoms with Gasteiger partial charge >= 0.3 is 0 Å².